The number of methoxy groups -OCH3 is 1. The minimum Gasteiger partial charge on any atom is -0.466 e. The van der Waals surface area contributed by atoms with Crippen LogP contribution in [0.15, 0.2) is 12.2 Å². The average molecular weight is 451 g/mol. The maximum atomic E-state index is 11.3. The molecule has 0 N–H and O–H groups in total. The number of hydrogen-bond acceptors (Lipinski definition) is 2. The molecular weight excluding hydrogens is 392 g/mol. The first-order chi connectivity index (χ1) is 15.7. The molecule has 0 saturated heterocycles. The van der Waals surface area contributed by atoms with Gasteiger partial charge < -0.3 is 4.74 Å². The van der Waals surface area contributed by atoms with Crippen molar-refractivity contribution in [2.45, 2.75) is 167 Å². The third-order valence-corrected chi connectivity index (χ3v) is 6.81. The van der Waals surface area contributed by atoms with E-state index in [9.17, 15) is 4.79 Å². The monoisotopic (exact) mass is 450 g/mol. The van der Waals surface area contributed by atoms with Crippen LogP contribution in [0, 0.1) is 0 Å². The Morgan fingerprint density at radius 2 is 0.750 bits per heavy atom. The van der Waals surface area contributed by atoms with Crippen LogP contribution in [-0.4, -0.2) is 13.1 Å². The molecule has 0 heterocycles. The summed E-state index contributed by atoms with van der Waals surface area (Å²) in [6.45, 7) is 6.07. The Morgan fingerprint density at radius 3 is 1.00 bits per heavy atom. The van der Waals surface area contributed by atoms with E-state index in [1.165, 1.54) is 155 Å². The van der Waals surface area contributed by atoms with Gasteiger partial charge >= 0.3 is 5.97 Å². The molecule has 0 aliphatic carbocycles. The Hall–Kier alpha value is -0.790. The van der Waals surface area contributed by atoms with E-state index < -0.39 is 0 Å². The number of esters is 1. The summed E-state index contributed by atoms with van der Waals surface area (Å²) in [5, 5.41) is 0. The van der Waals surface area contributed by atoms with E-state index in [1.807, 2.05) is 0 Å². The summed E-state index contributed by atoms with van der Waals surface area (Å²) in [5.74, 6) is -0.251. The molecular formula is C30H58O2. The maximum Gasteiger partial charge on any atom is 0.333 e. The minimum absolute atomic E-state index is 0.251. The van der Waals surface area contributed by atoms with Crippen molar-refractivity contribution in [1.29, 1.82) is 0 Å². The van der Waals surface area contributed by atoms with Crippen molar-refractivity contribution in [1.82, 2.24) is 0 Å². The third kappa shape index (κ3) is 23.9. The fourth-order valence-electron chi connectivity index (χ4n) is 4.55. The van der Waals surface area contributed by atoms with Crippen molar-refractivity contribution in [3.05, 3.63) is 12.2 Å². The van der Waals surface area contributed by atoms with E-state index in [0.717, 1.165) is 12.8 Å². The predicted octanol–water partition coefficient (Wildman–Crippen LogP) is 10.5. The van der Waals surface area contributed by atoms with Crippen LogP contribution in [-0.2, 0) is 9.53 Å². The van der Waals surface area contributed by atoms with Gasteiger partial charge in [-0.3, -0.25) is 0 Å². The van der Waals surface area contributed by atoms with Crippen molar-refractivity contribution in [3.63, 3.8) is 0 Å². The number of hydrogen-bond donors (Lipinski definition) is 0. The first kappa shape index (κ1) is 31.2. The lowest BCUT2D eigenvalue weighted by Crippen LogP contribution is -2.03. The van der Waals surface area contributed by atoms with Gasteiger partial charge in [0.1, 0.15) is 0 Å². The summed E-state index contributed by atoms with van der Waals surface area (Å²) in [5.41, 5.74) is 0.617. The molecule has 2 nitrogen and oxygen atoms in total. The molecule has 2 heteroatoms. The number of carbonyl (C=O) groups is 1. The fraction of sp³-hybridized carbons (Fsp3) is 0.900. The summed E-state index contributed by atoms with van der Waals surface area (Å²) < 4.78 is 4.68. The maximum absolute atomic E-state index is 11.3. The van der Waals surface area contributed by atoms with E-state index in [1.54, 1.807) is 0 Å². The molecule has 0 aliphatic heterocycles. The molecule has 0 unspecified atom stereocenters. The first-order valence-corrected chi connectivity index (χ1v) is 14.5. The van der Waals surface area contributed by atoms with Gasteiger partial charge in [0.25, 0.3) is 0 Å². The number of rotatable bonds is 26. The van der Waals surface area contributed by atoms with Crippen molar-refractivity contribution < 1.29 is 9.53 Å². The summed E-state index contributed by atoms with van der Waals surface area (Å²) in [4.78, 5) is 11.3. The quantitative estimate of drug-likeness (QED) is 0.0744. The van der Waals surface area contributed by atoms with Gasteiger partial charge in [0.2, 0.25) is 0 Å². The number of unbranched alkanes of at least 4 members (excludes halogenated alkanes) is 23. The van der Waals surface area contributed by atoms with Crippen molar-refractivity contribution in [2.24, 2.45) is 0 Å². The molecule has 0 spiro atoms. The van der Waals surface area contributed by atoms with Gasteiger partial charge in [-0.15, -0.1) is 0 Å². The second-order valence-corrected chi connectivity index (χ2v) is 9.98. The van der Waals surface area contributed by atoms with E-state index in [4.69, 9.17) is 0 Å². The zero-order valence-electron chi connectivity index (χ0n) is 22.2. The normalized spacial score (nSPS) is 11.1. The highest BCUT2D eigenvalue weighted by Gasteiger charge is 2.05. The minimum atomic E-state index is -0.251. The van der Waals surface area contributed by atoms with Gasteiger partial charge in [-0.05, 0) is 12.8 Å². The van der Waals surface area contributed by atoms with Gasteiger partial charge in [-0.25, -0.2) is 4.79 Å². The van der Waals surface area contributed by atoms with E-state index in [-0.39, 0.29) is 5.97 Å². The summed E-state index contributed by atoms with van der Waals surface area (Å²) in [6, 6.07) is 0. The molecule has 0 fully saturated rings. The Balaban J connectivity index is 3.08. The van der Waals surface area contributed by atoms with Crippen LogP contribution in [0.5, 0.6) is 0 Å². The highest BCUT2D eigenvalue weighted by atomic mass is 16.5. The lowest BCUT2D eigenvalue weighted by Gasteiger charge is -2.05. The molecule has 0 aromatic carbocycles. The largest absolute Gasteiger partial charge is 0.466 e. The fourth-order valence-corrected chi connectivity index (χ4v) is 4.55. The Kier molecular flexibility index (Phi) is 25.8. The summed E-state index contributed by atoms with van der Waals surface area (Å²) in [6.07, 6.45) is 34.5. The standard InChI is InChI=1S/C30H58O2/c1-4-5-6-7-8-9-10-11-12-13-14-15-16-17-18-19-20-21-22-23-24-25-26-27-28-29(2)30(31)32-3/h2,4-28H2,1,3H3. The van der Waals surface area contributed by atoms with E-state index >= 15 is 0 Å². The van der Waals surface area contributed by atoms with Crippen LogP contribution in [0.1, 0.15) is 167 Å². The molecule has 0 aromatic heterocycles. The van der Waals surface area contributed by atoms with Gasteiger partial charge in [-0.2, -0.15) is 0 Å². The van der Waals surface area contributed by atoms with E-state index in [2.05, 4.69) is 18.2 Å². The van der Waals surface area contributed by atoms with Crippen molar-refractivity contribution >= 4 is 5.97 Å². The van der Waals surface area contributed by atoms with Gasteiger partial charge in [0.15, 0.2) is 0 Å². The van der Waals surface area contributed by atoms with Crippen molar-refractivity contribution in [3.8, 4) is 0 Å². The predicted molar refractivity (Wildman–Crippen MR) is 142 cm³/mol. The SMILES string of the molecule is C=C(CCCCCCCCCCCCCCCCCCCCCCCCCC)C(=O)OC. The van der Waals surface area contributed by atoms with Gasteiger partial charge in [0, 0.05) is 5.57 Å². The van der Waals surface area contributed by atoms with Crippen LogP contribution < -0.4 is 0 Å². The molecule has 0 aliphatic rings. The van der Waals surface area contributed by atoms with Crippen LogP contribution in [0.2, 0.25) is 0 Å². The zero-order valence-corrected chi connectivity index (χ0v) is 22.2. The van der Waals surface area contributed by atoms with Crippen LogP contribution in [0.4, 0.5) is 0 Å². The molecule has 0 rings (SSSR count). The summed E-state index contributed by atoms with van der Waals surface area (Å²) >= 11 is 0. The molecule has 0 saturated carbocycles. The molecule has 0 bridgehead atoms. The Morgan fingerprint density at radius 1 is 0.500 bits per heavy atom. The smallest absolute Gasteiger partial charge is 0.333 e. The summed E-state index contributed by atoms with van der Waals surface area (Å²) in [7, 11) is 1.42. The third-order valence-electron chi connectivity index (χ3n) is 6.81. The lowest BCUT2D eigenvalue weighted by molar-refractivity contribution is -0.136. The number of carbonyl (C=O) groups excluding carboxylic acids is 1. The van der Waals surface area contributed by atoms with Crippen LogP contribution >= 0.6 is 0 Å². The highest BCUT2D eigenvalue weighted by Crippen LogP contribution is 2.16. The number of ether oxygens (including phenoxy) is 1. The molecule has 0 aromatic rings. The van der Waals surface area contributed by atoms with Gasteiger partial charge in [0.05, 0.1) is 7.11 Å². The second-order valence-electron chi connectivity index (χ2n) is 9.98. The molecule has 190 valence electrons. The molecule has 0 atom stereocenters. The highest BCUT2D eigenvalue weighted by molar-refractivity contribution is 5.87. The van der Waals surface area contributed by atoms with Crippen LogP contribution in [0.25, 0.3) is 0 Å². The van der Waals surface area contributed by atoms with Gasteiger partial charge in [-0.1, -0.05) is 161 Å². The molecule has 32 heavy (non-hydrogen) atoms. The van der Waals surface area contributed by atoms with Crippen molar-refractivity contribution in [2.75, 3.05) is 7.11 Å². The molecule has 0 amide bonds. The average Bonchev–Trinajstić information content (AvgIpc) is 2.81. The Bertz CT molecular complexity index is 402. The first-order valence-electron chi connectivity index (χ1n) is 14.5. The zero-order chi connectivity index (χ0) is 23.5. The Labute approximate surface area is 202 Å². The second kappa shape index (κ2) is 26.5. The lowest BCUT2D eigenvalue weighted by atomic mass is 10.0. The van der Waals surface area contributed by atoms with Crippen LogP contribution in [0.3, 0.4) is 0 Å². The molecule has 0 radical (unpaired) electrons. The topological polar surface area (TPSA) is 26.3 Å². The van der Waals surface area contributed by atoms with E-state index in [0.29, 0.717) is 5.57 Å².